The molecule has 1 saturated heterocycles. The molecule has 1 aliphatic rings. The SMILES string of the molecule is CC(C)c1cc(F)cc(C(C)C)c1NC(=O)NS(=O)(=O)/C=C/C1CCCN1C(=O)OC(C)(C)C. The molecule has 2 rings (SSSR count). The predicted octanol–water partition coefficient (Wildman–Crippen LogP) is 5.44. The fourth-order valence-corrected chi connectivity index (χ4v) is 4.51. The summed E-state index contributed by atoms with van der Waals surface area (Å²) in [4.78, 5) is 26.4. The van der Waals surface area contributed by atoms with Gasteiger partial charge < -0.3 is 15.0 Å². The van der Waals surface area contributed by atoms with E-state index < -0.39 is 39.6 Å². The summed E-state index contributed by atoms with van der Waals surface area (Å²) in [6.07, 6.45) is 2.16. The van der Waals surface area contributed by atoms with E-state index >= 15 is 0 Å². The molecule has 8 nitrogen and oxygen atoms in total. The average Bonchev–Trinajstić information content (AvgIpc) is 3.14. The summed E-state index contributed by atoms with van der Waals surface area (Å²) in [5.41, 5.74) is 0.885. The fourth-order valence-electron chi connectivity index (χ4n) is 3.74. The number of carbonyl (C=O) groups is 2. The highest BCUT2D eigenvalue weighted by molar-refractivity contribution is 7.92. The largest absolute Gasteiger partial charge is 0.444 e. The molecule has 1 fully saturated rings. The Hall–Kier alpha value is -2.62. The Morgan fingerprint density at radius 3 is 2.21 bits per heavy atom. The van der Waals surface area contributed by atoms with E-state index in [1.807, 2.05) is 32.4 Å². The summed E-state index contributed by atoms with van der Waals surface area (Å²) < 4.78 is 46.5. The summed E-state index contributed by atoms with van der Waals surface area (Å²) in [6, 6.07) is 1.28. The molecule has 1 aromatic carbocycles. The average molecular weight is 498 g/mol. The zero-order valence-electron chi connectivity index (χ0n) is 20.9. The molecule has 1 aliphatic heterocycles. The van der Waals surface area contributed by atoms with Crippen molar-refractivity contribution < 1.29 is 27.1 Å². The number of anilines is 1. The predicted molar refractivity (Wildman–Crippen MR) is 131 cm³/mol. The van der Waals surface area contributed by atoms with Gasteiger partial charge in [-0.2, -0.15) is 0 Å². The van der Waals surface area contributed by atoms with Gasteiger partial charge in [0.2, 0.25) is 0 Å². The number of hydrogen-bond acceptors (Lipinski definition) is 5. The topological polar surface area (TPSA) is 105 Å². The Labute approximate surface area is 202 Å². The first-order valence-corrected chi connectivity index (χ1v) is 13.0. The Bertz CT molecular complexity index is 1020. The van der Waals surface area contributed by atoms with Gasteiger partial charge >= 0.3 is 12.1 Å². The van der Waals surface area contributed by atoms with Gasteiger partial charge in [-0.1, -0.05) is 27.7 Å². The third kappa shape index (κ3) is 7.72. The molecule has 0 saturated carbocycles. The summed E-state index contributed by atoms with van der Waals surface area (Å²) in [5.74, 6) is -0.609. The highest BCUT2D eigenvalue weighted by atomic mass is 32.2. The van der Waals surface area contributed by atoms with Gasteiger partial charge in [-0.3, -0.25) is 0 Å². The van der Waals surface area contributed by atoms with Crippen LogP contribution >= 0.6 is 0 Å². The second kappa shape index (κ2) is 10.8. The van der Waals surface area contributed by atoms with Crippen molar-refractivity contribution in [2.75, 3.05) is 11.9 Å². The van der Waals surface area contributed by atoms with E-state index in [4.69, 9.17) is 4.74 Å². The third-order valence-corrected chi connectivity index (χ3v) is 6.27. The number of carbonyl (C=O) groups excluding carboxylic acids is 2. The van der Waals surface area contributed by atoms with Crippen molar-refractivity contribution in [3.8, 4) is 0 Å². The number of nitrogens with zero attached hydrogens (tertiary/aromatic N) is 1. The molecule has 0 spiro atoms. The molecule has 0 radical (unpaired) electrons. The van der Waals surface area contributed by atoms with Crippen molar-refractivity contribution in [3.05, 3.63) is 40.6 Å². The van der Waals surface area contributed by atoms with Crippen LogP contribution in [-0.2, 0) is 14.8 Å². The van der Waals surface area contributed by atoms with Crippen LogP contribution < -0.4 is 10.0 Å². The number of ether oxygens (including phenoxy) is 1. The highest BCUT2D eigenvalue weighted by Gasteiger charge is 2.31. The molecule has 0 aromatic heterocycles. The summed E-state index contributed by atoms with van der Waals surface area (Å²) in [6.45, 7) is 13.2. The van der Waals surface area contributed by atoms with Crippen LogP contribution in [0.5, 0.6) is 0 Å². The van der Waals surface area contributed by atoms with Crippen molar-refractivity contribution in [1.29, 1.82) is 0 Å². The fraction of sp³-hybridized carbons (Fsp3) is 0.583. The van der Waals surface area contributed by atoms with E-state index in [2.05, 4.69) is 5.32 Å². The molecule has 3 amide bonds. The van der Waals surface area contributed by atoms with Crippen LogP contribution in [0.1, 0.15) is 84.3 Å². The van der Waals surface area contributed by atoms with E-state index in [1.54, 1.807) is 20.8 Å². The van der Waals surface area contributed by atoms with Crippen LogP contribution in [0.25, 0.3) is 0 Å². The van der Waals surface area contributed by atoms with E-state index in [0.29, 0.717) is 36.2 Å². The number of rotatable bonds is 6. The highest BCUT2D eigenvalue weighted by Crippen LogP contribution is 2.33. The Morgan fingerprint density at radius 1 is 1.15 bits per heavy atom. The second-order valence-corrected chi connectivity index (χ2v) is 11.6. The summed E-state index contributed by atoms with van der Waals surface area (Å²) in [7, 11) is -4.14. The van der Waals surface area contributed by atoms with Gasteiger partial charge in [-0.15, -0.1) is 0 Å². The molecule has 10 heteroatoms. The lowest BCUT2D eigenvalue weighted by molar-refractivity contribution is 0.0256. The summed E-state index contributed by atoms with van der Waals surface area (Å²) >= 11 is 0. The minimum Gasteiger partial charge on any atom is -0.444 e. The Morgan fingerprint density at radius 2 is 1.71 bits per heavy atom. The molecule has 0 bridgehead atoms. The smallest absolute Gasteiger partial charge is 0.410 e. The van der Waals surface area contributed by atoms with Crippen LogP contribution in [0.15, 0.2) is 23.6 Å². The van der Waals surface area contributed by atoms with Crippen LogP contribution in [0, 0.1) is 5.82 Å². The number of likely N-dealkylation sites (tertiary alicyclic amines) is 1. The van der Waals surface area contributed by atoms with Gasteiger partial charge in [-0.05, 0) is 74.8 Å². The normalized spacial score (nSPS) is 17.0. The zero-order valence-corrected chi connectivity index (χ0v) is 21.8. The number of nitrogens with one attached hydrogen (secondary N) is 2. The summed E-state index contributed by atoms with van der Waals surface area (Å²) in [5, 5.41) is 3.48. The lowest BCUT2D eigenvalue weighted by Crippen LogP contribution is -2.39. The number of sulfonamides is 1. The van der Waals surface area contributed by atoms with Crippen LogP contribution in [0.4, 0.5) is 19.7 Å². The van der Waals surface area contributed by atoms with Gasteiger partial charge in [-0.25, -0.2) is 27.1 Å². The number of amides is 3. The molecule has 0 aliphatic carbocycles. The molecule has 2 N–H and O–H groups in total. The quantitative estimate of drug-likeness (QED) is 0.545. The second-order valence-electron chi connectivity index (χ2n) is 10.1. The van der Waals surface area contributed by atoms with Crippen LogP contribution in [-0.4, -0.2) is 43.6 Å². The van der Waals surface area contributed by atoms with E-state index in [0.717, 1.165) is 5.41 Å². The monoisotopic (exact) mass is 497 g/mol. The van der Waals surface area contributed by atoms with Crippen molar-refractivity contribution in [2.24, 2.45) is 0 Å². The first-order valence-electron chi connectivity index (χ1n) is 11.4. The number of hydrogen-bond donors (Lipinski definition) is 2. The molecule has 190 valence electrons. The molecule has 1 heterocycles. The Balaban J connectivity index is 2.15. The first kappa shape index (κ1) is 27.6. The Kier molecular flexibility index (Phi) is 8.74. The molecule has 34 heavy (non-hydrogen) atoms. The number of benzene rings is 1. The van der Waals surface area contributed by atoms with Gasteiger partial charge in [0.05, 0.1) is 6.04 Å². The lowest BCUT2D eigenvalue weighted by Gasteiger charge is -2.27. The van der Waals surface area contributed by atoms with Gasteiger partial charge in [0.25, 0.3) is 10.0 Å². The lowest BCUT2D eigenvalue weighted by atomic mass is 9.92. The molecular weight excluding hydrogens is 461 g/mol. The maximum absolute atomic E-state index is 14.1. The first-order chi connectivity index (χ1) is 15.6. The maximum atomic E-state index is 14.1. The minimum atomic E-state index is -4.14. The van der Waals surface area contributed by atoms with Gasteiger partial charge in [0, 0.05) is 17.6 Å². The minimum absolute atomic E-state index is 0.0961. The van der Waals surface area contributed by atoms with Crippen molar-refractivity contribution >= 4 is 27.8 Å². The van der Waals surface area contributed by atoms with Gasteiger partial charge in [0.15, 0.2) is 0 Å². The van der Waals surface area contributed by atoms with Crippen molar-refractivity contribution in [2.45, 2.75) is 84.8 Å². The molecule has 1 aromatic rings. The van der Waals surface area contributed by atoms with Crippen LogP contribution in [0.2, 0.25) is 0 Å². The number of halogens is 1. The number of urea groups is 1. The van der Waals surface area contributed by atoms with Crippen LogP contribution in [0.3, 0.4) is 0 Å². The van der Waals surface area contributed by atoms with E-state index in [-0.39, 0.29) is 11.8 Å². The van der Waals surface area contributed by atoms with Gasteiger partial charge in [0.1, 0.15) is 11.4 Å². The van der Waals surface area contributed by atoms with Crippen molar-refractivity contribution in [3.63, 3.8) is 0 Å². The standard InChI is InChI=1S/C24H36FN3O5S/c1-15(2)19-13-17(25)14-20(16(3)4)21(19)26-22(29)27-34(31,32)12-10-18-9-8-11-28(18)23(30)33-24(5,6)7/h10,12-16,18H,8-9,11H2,1-7H3,(H2,26,27,29)/b12-10+. The molecule has 1 atom stereocenters. The maximum Gasteiger partial charge on any atom is 0.410 e. The third-order valence-electron chi connectivity index (χ3n) is 5.29. The molecular formula is C24H36FN3O5S. The zero-order chi connectivity index (χ0) is 25.8. The molecule has 1 unspecified atom stereocenters. The van der Waals surface area contributed by atoms with E-state index in [9.17, 15) is 22.4 Å². The van der Waals surface area contributed by atoms with E-state index in [1.165, 1.54) is 23.1 Å². The van der Waals surface area contributed by atoms with Crippen molar-refractivity contribution in [1.82, 2.24) is 9.62 Å².